The molecule has 1 fully saturated rings. The number of aromatic hydroxyl groups is 1. The van der Waals surface area contributed by atoms with Gasteiger partial charge in [-0.25, -0.2) is 14.4 Å². The van der Waals surface area contributed by atoms with Crippen LogP contribution in [0.1, 0.15) is 17.4 Å². The van der Waals surface area contributed by atoms with E-state index in [9.17, 15) is 10.2 Å². The lowest BCUT2D eigenvalue weighted by Crippen LogP contribution is -2.36. The van der Waals surface area contributed by atoms with Gasteiger partial charge in [0.25, 0.3) is 0 Å². The van der Waals surface area contributed by atoms with Gasteiger partial charge < -0.3 is 29.3 Å². The number of benzene rings is 2. The topological polar surface area (TPSA) is 123 Å². The minimum atomic E-state index is -1.36. The van der Waals surface area contributed by atoms with Gasteiger partial charge in [-0.3, -0.25) is 0 Å². The van der Waals surface area contributed by atoms with Crippen LogP contribution in [0.3, 0.4) is 0 Å². The van der Waals surface area contributed by atoms with Gasteiger partial charge in [-0.15, -0.1) is 10.2 Å². The van der Waals surface area contributed by atoms with Crippen LogP contribution >= 0.6 is 0 Å². The summed E-state index contributed by atoms with van der Waals surface area (Å²) in [6, 6.07) is 11.1. The van der Waals surface area contributed by atoms with Crippen LogP contribution in [-0.4, -0.2) is 77.0 Å². The van der Waals surface area contributed by atoms with E-state index >= 15 is 4.39 Å². The van der Waals surface area contributed by atoms with Crippen LogP contribution in [0.25, 0.3) is 22.2 Å². The van der Waals surface area contributed by atoms with Crippen LogP contribution in [0, 0.1) is 5.82 Å². The van der Waals surface area contributed by atoms with Crippen molar-refractivity contribution >= 4 is 16.6 Å². The van der Waals surface area contributed by atoms with Crippen molar-refractivity contribution in [2.75, 3.05) is 51.5 Å². The van der Waals surface area contributed by atoms with Crippen LogP contribution in [0.5, 0.6) is 11.6 Å². The van der Waals surface area contributed by atoms with Crippen LogP contribution in [0.2, 0.25) is 0 Å². The van der Waals surface area contributed by atoms with Gasteiger partial charge in [0.2, 0.25) is 5.88 Å². The number of aliphatic hydroxyl groups is 1. The van der Waals surface area contributed by atoms with E-state index in [1.165, 1.54) is 18.5 Å². The first-order valence-electron chi connectivity index (χ1n) is 11.8. The fraction of sp³-hybridized carbons (Fsp3) is 0.308. The van der Waals surface area contributed by atoms with E-state index in [4.69, 9.17) is 14.2 Å². The van der Waals surface area contributed by atoms with E-state index in [2.05, 4.69) is 25.1 Å². The van der Waals surface area contributed by atoms with E-state index in [0.717, 1.165) is 24.8 Å². The first-order chi connectivity index (χ1) is 18.0. The number of aliphatic hydroxyl groups excluding tert-OH is 1. The van der Waals surface area contributed by atoms with E-state index in [1.807, 2.05) is 18.2 Å². The second-order valence-corrected chi connectivity index (χ2v) is 8.45. The second-order valence-electron chi connectivity index (χ2n) is 8.45. The molecule has 0 bridgehead atoms. The molecule has 37 heavy (non-hydrogen) atoms. The Bertz CT molecular complexity index is 1380. The van der Waals surface area contributed by atoms with E-state index in [0.29, 0.717) is 43.0 Å². The number of halogens is 1. The van der Waals surface area contributed by atoms with Crippen LogP contribution < -0.4 is 9.64 Å². The van der Waals surface area contributed by atoms with Crippen LogP contribution in [-0.2, 0) is 9.47 Å². The molecule has 2 aromatic heterocycles. The average molecular weight is 508 g/mol. The Balaban J connectivity index is 1.47. The highest BCUT2D eigenvalue weighted by molar-refractivity contribution is 5.94. The molecule has 0 spiro atoms. The zero-order valence-electron chi connectivity index (χ0n) is 20.2. The normalized spacial score (nSPS) is 14.6. The zero-order valence-corrected chi connectivity index (χ0v) is 20.2. The Labute approximate surface area is 212 Å². The average Bonchev–Trinajstić information content (AvgIpc) is 2.93. The monoisotopic (exact) mass is 507 g/mol. The molecule has 10 nitrogen and oxygen atoms in total. The number of hydrogen-bond acceptors (Lipinski definition) is 10. The number of aromatic nitrogens is 4. The van der Waals surface area contributed by atoms with Gasteiger partial charge in [0.15, 0.2) is 0 Å². The van der Waals surface area contributed by atoms with Crippen molar-refractivity contribution in [3.8, 4) is 22.9 Å². The predicted octanol–water partition coefficient (Wildman–Crippen LogP) is 2.88. The van der Waals surface area contributed by atoms with Crippen LogP contribution in [0.4, 0.5) is 10.1 Å². The Morgan fingerprint density at radius 1 is 1.05 bits per heavy atom. The number of phenolic OH excluding ortho intramolecular Hbond substituents is 1. The molecule has 1 aliphatic rings. The number of hydrogen-bond donors (Lipinski definition) is 2. The number of ether oxygens (including phenoxy) is 3. The molecule has 2 aromatic carbocycles. The maximum Gasteiger partial charge on any atom is 0.233 e. The maximum atomic E-state index is 15.1. The smallest absolute Gasteiger partial charge is 0.233 e. The molecule has 3 heterocycles. The number of methoxy groups -OCH3 is 1. The summed E-state index contributed by atoms with van der Waals surface area (Å²) in [6.07, 6.45) is 0.0117. The first-order valence-corrected chi connectivity index (χ1v) is 11.8. The Morgan fingerprint density at radius 2 is 1.89 bits per heavy atom. The summed E-state index contributed by atoms with van der Waals surface area (Å²) >= 11 is 0. The fourth-order valence-electron chi connectivity index (χ4n) is 4.20. The number of nitrogens with zero attached hydrogens (tertiary/aromatic N) is 5. The molecule has 1 saturated heterocycles. The molecule has 0 amide bonds. The molecule has 1 unspecified atom stereocenters. The van der Waals surface area contributed by atoms with Crippen molar-refractivity contribution in [2.24, 2.45) is 0 Å². The van der Waals surface area contributed by atoms with Crippen molar-refractivity contribution in [1.29, 1.82) is 0 Å². The lowest BCUT2D eigenvalue weighted by molar-refractivity contribution is 0.122. The SMILES string of the molecule is COCCOc1ccc(C(O)c2cc(-c3ncnc4cc(N5CCOCC5)ccc34)c(F)cc2O)nn1. The van der Waals surface area contributed by atoms with Crippen molar-refractivity contribution in [1.82, 2.24) is 20.2 Å². The Kier molecular flexibility index (Phi) is 7.35. The molecule has 2 N–H and O–H groups in total. The predicted molar refractivity (Wildman–Crippen MR) is 133 cm³/mol. The van der Waals surface area contributed by atoms with Gasteiger partial charge >= 0.3 is 0 Å². The number of rotatable bonds is 8. The molecule has 1 atom stereocenters. The van der Waals surface area contributed by atoms with Crippen molar-refractivity contribution in [2.45, 2.75) is 6.10 Å². The van der Waals surface area contributed by atoms with Gasteiger partial charge in [-0.2, -0.15) is 0 Å². The second kappa shape index (κ2) is 11.0. The molecule has 0 saturated carbocycles. The lowest BCUT2D eigenvalue weighted by atomic mass is 9.98. The molecule has 1 aliphatic heterocycles. The minimum absolute atomic E-state index is 0.0652. The molecule has 5 rings (SSSR count). The summed E-state index contributed by atoms with van der Waals surface area (Å²) in [4.78, 5) is 10.9. The quantitative estimate of drug-likeness (QED) is 0.344. The van der Waals surface area contributed by atoms with Gasteiger partial charge in [0.05, 0.1) is 36.7 Å². The summed E-state index contributed by atoms with van der Waals surface area (Å²) in [6.45, 7) is 3.57. The van der Waals surface area contributed by atoms with Gasteiger partial charge in [-0.1, -0.05) is 0 Å². The molecular weight excluding hydrogens is 481 g/mol. The summed E-state index contributed by atoms with van der Waals surface area (Å²) in [5, 5.41) is 30.0. The molecule has 0 aliphatic carbocycles. The number of fused-ring (bicyclic) bond motifs is 1. The summed E-state index contributed by atoms with van der Waals surface area (Å²) in [5.41, 5.74) is 2.34. The highest BCUT2D eigenvalue weighted by Crippen LogP contribution is 2.37. The van der Waals surface area contributed by atoms with E-state index in [1.54, 1.807) is 13.2 Å². The molecule has 4 aromatic rings. The largest absolute Gasteiger partial charge is 0.507 e. The van der Waals surface area contributed by atoms with Crippen LogP contribution in [0.15, 0.2) is 48.8 Å². The maximum absolute atomic E-state index is 15.1. The highest BCUT2D eigenvalue weighted by Gasteiger charge is 2.22. The standard InChI is InChI=1S/C26H26FN5O5/c1-35-10-11-37-24-5-4-21(30-31-24)26(34)19-13-18(20(27)14-23(19)33)25-17-3-2-16(12-22(17)28-15-29-25)32-6-8-36-9-7-32/h2-5,12-15,26,33-34H,6-11H2,1H3. The number of phenols is 1. The zero-order chi connectivity index (χ0) is 25.8. The van der Waals surface area contributed by atoms with Gasteiger partial charge in [-0.05, 0) is 30.3 Å². The third kappa shape index (κ3) is 5.29. The highest BCUT2D eigenvalue weighted by atomic mass is 19.1. The summed E-state index contributed by atoms with van der Waals surface area (Å²) in [5.74, 6) is -0.830. The molecule has 0 radical (unpaired) electrons. The van der Waals surface area contributed by atoms with Gasteiger partial charge in [0, 0.05) is 54.5 Å². The van der Waals surface area contributed by atoms with Crippen molar-refractivity contribution < 1.29 is 28.8 Å². The summed E-state index contributed by atoms with van der Waals surface area (Å²) in [7, 11) is 1.56. The molecule has 192 valence electrons. The third-order valence-electron chi connectivity index (χ3n) is 6.14. The summed E-state index contributed by atoms with van der Waals surface area (Å²) < 4.78 is 30.8. The Morgan fingerprint density at radius 3 is 2.65 bits per heavy atom. The third-order valence-corrected chi connectivity index (χ3v) is 6.14. The Hall–Kier alpha value is -3.93. The lowest BCUT2D eigenvalue weighted by Gasteiger charge is -2.29. The van der Waals surface area contributed by atoms with Crippen molar-refractivity contribution in [3.63, 3.8) is 0 Å². The minimum Gasteiger partial charge on any atom is -0.507 e. The first kappa shape index (κ1) is 24.8. The van der Waals surface area contributed by atoms with Crippen molar-refractivity contribution in [3.05, 3.63) is 65.9 Å². The van der Waals surface area contributed by atoms with E-state index < -0.39 is 17.7 Å². The fourth-order valence-corrected chi connectivity index (χ4v) is 4.20. The number of morpholine rings is 1. The molecule has 11 heteroatoms. The van der Waals surface area contributed by atoms with E-state index in [-0.39, 0.29) is 22.7 Å². The van der Waals surface area contributed by atoms with Gasteiger partial charge in [0.1, 0.15) is 30.6 Å². The molecular formula is C26H26FN5O5. The number of anilines is 1.